The van der Waals surface area contributed by atoms with Crippen molar-refractivity contribution in [1.29, 1.82) is 5.26 Å². The Morgan fingerprint density at radius 1 is 1.10 bits per heavy atom. The number of nitrogens with zero attached hydrogens (tertiary/aromatic N) is 5. The molecule has 3 aromatic rings. The molecular formula is C42H44ClF3N8O5S. The molecular weight excluding hydrogens is 821 g/mol. The van der Waals surface area contributed by atoms with E-state index in [1.54, 1.807) is 23.1 Å². The van der Waals surface area contributed by atoms with Gasteiger partial charge in [0.15, 0.2) is 10.8 Å². The summed E-state index contributed by atoms with van der Waals surface area (Å²) in [7, 11) is 0. The molecule has 3 saturated heterocycles. The molecule has 0 radical (unpaired) electrons. The van der Waals surface area contributed by atoms with Crippen molar-refractivity contribution in [2.45, 2.75) is 95.4 Å². The molecule has 1 unspecified atom stereocenters. The summed E-state index contributed by atoms with van der Waals surface area (Å²) in [6.45, 7) is 5.79. The number of hydrogen-bond donors (Lipinski definition) is 3. The number of aromatic nitrogens is 1. The molecule has 0 bridgehead atoms. The van der Waals surface area contributed by atoms with Crippen molar-refractivity contribution in [3.05, 3.63) is 70.5 Å². The topological polar surface area (TPSA) is 160 Å². The average Bonchev–Trinajstić information content (AvgIpc) is 3.44. The van der Waals surface area contributed by atoms with Crippen LogP contribution in [-0.4, -0.2) is 75.9 Å². The molecule has 2 atom stereocenters. The number of imide groups is 1. The fraction of sp³-hybridized carbons (Fsp3) is 0.452. The Bertz CT molecular complexity index is 2260. The minimum atomic E-state index is -4.85. The van der Waals surface area contributed by atoms with E-state index < -0.39 is 46.9 Å². The predicted molar refractivity (Wildman–Crippen MR) is 223 cm³/mol. The largest absolute Gasteiger partial charge is 0.493 e. The van der Waals surface area contributed by atoms with Crippen LogP contribution in [0, 0.1) is 17.2 Å². The van der Waals surface area contributed by atoms with Gasteiger partial charge in [-0.15, -0.1) is 0 Å². The highest BCUT2D eigenvalue weighted by atomic mass is 35.5. The van der Waals surface area contributed by atoms with Gasteiger partial charge in [-0.05, 0) is 138 Å². The van der Waals surface area contributed by atoms with E-state index in [1.807, 2.05) is 32.0 Å². The molecule has 4 amide bonds. The zero-order valence-corrected chi connectivity index (χ0v) is 34.6. The third-order valence-electron chi connectivity index (χ3n) is 11.9. The normalized spacial score (nSPS) is 20.1. The van der Waals surface area contributed by atoms with E-state index in [-0.39, 0.29) is 29.0 Å². The number of rotatable bonds is 12. The van der Waals surface area contributed by atoms with E-state index in [0.29, 0.717) is 66.0 Å². The Morgan fingerprint density at radius 3 is 2.48 bits per heavy atom. The highest BCUT2D eigenvalue weighted by Gasteiger charge is 2.60. The summed E-state index contributed by atoms with van der Waals surface area (Å²) in [6, 6.07) is 11.8. The maximum absolute atomic E-state index is 13.9. The first kappa shape index (κ1) is 42.8. The zero-order chi connectivity index (χ0) is 42.9. The molecule has 3 N–H and O–H groups in total. The molecule has 1 aromatic heterocycles. The van der Waals surface area contributed by atoms with E-state index in [1.165, 1.54) is 6.07 Å². The number of benzene rings is 2. The molecule has 3 aliphatic heterocycles. The Balaban J connectivity index is 0.928. The van der Waals surface area contributed by atoms with Crippen molar-refractivity contribution in [3.63, 3.8) is 0 Å². The van der Waals surface area contributed by atoms with E-state index in [4.69, 9.17) is 28.6 Å². The second-order valence-electron chi connectivity index (χ2n) is 15.6. The lowest BCUT2D eigenvalue weighted by atomic mass is 9.75. The molecule has 60 heavy (non-hydrogen) atoms. The first-order valence-corrected chi connectivity index (χ1v) is 20.8. The van der Waals surface area contributed by atoms with Gasteiger partial charge < -0.3 is 20.3 Å². The first-order valence-electron chi connectivity index (χ1n) is 20.0. The van der Waals surface area contributed by atoms with E-state index >= 15 is 0 Å². The van der Waals surface area contributed by atoms with Crippen LogP contribution in [0.2, 0.25) is 5.02 Å². The number of halogens is 4. The second-order valence-corrected chi connectivity index (χ2v) is 16.4. The lowest BCUT2D eigenvalue weighted by Gasteiger charge is -2.43. The number of nitrogens with one attached hydrogen (secondary N) is 3. The van der Waals surface area contributed by atoms with Gasteiger partial charge in [0.1, 0.15) is 23.4 Å². The number of thiocarbonyl (C=S) groups is 1. The van der Waals surface area contributed by atoms with Gasteiger partial charge in [0.25, 0.3) is 5.91 Å². The van der Waals surface area contributed by atoms with E-state index in [2.05, 4.69) is 25.8 Å². The summed E-state index contributed by atoms with van der Waals surface area (Å²) in [5.74, 6) is -0.228. The molecule has 4 aliphatic rings. The van der Waals surface area contributed by atoms with Crippen molar-refractivity contribution in [3.8, 4) is 11.8 Å². The minimum absolute atomic E-state index is 0.0473. The van der Waals surface area contributed by atoms with Gasteiger partial charge in [-0.25, -0.2) is 4.98 Å². The molecule has 2 aromatic carbocycles. The Hall–Kier alpha value is -5.31. The number of piperidine rings is 2. The van der Waals surface area contributed by atoms with Crippen molar-refractivity contribution in [1.82, 2.24) is 15.2 Å². The predicted octanol–water partition coefficient (Wildman–Crippen LogP) is 6.97. The first-order chi connectivity index (χ1) is 28.6. The number of alkyl halides is 3. The van der Waals surface area contributed by atoms with Crippen LogP contribution < -0.4 is 30.5 Å². The lowest BCUT2D eigenvalue weighted by Crippen LogP contribution is -2.55. The van der Waals surface area contributed by atoms with Crippen LogP contribution in [0.15, 0.2) is 48.7 Å². The lowest BCUT2D eigenvalue weighted by molar-refractivity contribution is -0.138. The van der Waals surface area contributed by atoms with E-state index in [9.17, 15) is 37.6 Å². The number of nitriles is 1. The molecule has 316 valence electrons. The maximum Gasteiger partial charge on any atom is 0.419 e. The van der Waals surface area contributed by atoms with Crippen LogP contribution >= 0.6 is 23.8 Å². The zero-order valence-electron chi connectivity index (χ0n) is 33.0. The third kappa shape index (κ3) is 8.63. The van der Waals surface area contributed by atoms with Gasteiger partial charge in [-0.3, -0.25) is 34.3 Å². The van der Waals surface area contributed by atoms with Gasteiger partial charge in [0.2, 0.25) is 17.7 Å². The van der Waals surface area contributed by atoms with E-state index in [0.717, 1.165) is 61.5 Å². The molecule has 1 saturated carbocycles. The van der Waals surface area contributed by atoms with Crippen LogP contribution in [0.4, 0.5) is 35.9 Å². The summed E-state index contributed by atoms with van der Waals surface area (Å²) in [6.07, 6.45) is 1.73. The number of amides is 4. The number of likely N-dealkylation sites (tertiary alicyclic amines) is 1. The summed E-state index contributed by atoms with van der Waals surface area (Å²) in [5.41, 5.74) is -0.601. The number of hydrogen-bond acceptors (Lipinski definition) is 10. The summed E-state index contributed by atoms with van der Waals surface area (Å²) in [5, 5.41) is 18.0. The van der Waals surface area contributed by atoms with Gasteiger partial charge >= 0.3 is 6.18 Å². The van der Waals surface area contributed by atoms with Crippen molar-refractivity contribution in [2.24, 2.45) is 5.92 Å². The Kier molecular flexibility index (Phi) is 12.4. The number of ether oxygens (including phenoxy) is 1. The fourth-order valence-corrected chi connectivity index (χ4v) is 9.07. The molecule has 7 rings (SSSR count). The van der Waals surface area contributed by atoms with Crippen LogP contribution in [0.1, 0.15) is 82.0 Å². The number of carbonyl (C=O) groups is 4. The Labute approximate surface area is 355 Å². The SMILES string of the molecule is CCc1cc(N2C(=S)N(c3cnc(C#N)c(C(F)(F)F)c3)C(=O)C23CCC3)ccc1OCCC1CCN([C@@H](C)C(=O)Nc2cc(Cl)cc(NC3CCC(=O)NC3=O)c2)CC1. The van der Waals surface area contributed by atoms with Crippen LogP contribution in [0.3, 0.4) is 0 Å². The quantitative estimate of drug-likeness (QED) is 0.128. The second kappa shape index (κ2) is 17.3. The van der Waals surface area contributed by atoms with Gasteiger partial charge in [-0.2, -0.15) is 18.4 Å². The summed E-state index contributed by atoms with van der Waals surface area (Å²) >= 11 is 12.1. The number of anilines is 4. The van der Waals surface area contributed by atoms with Gasteiger partial charge in [-0.1, -0.05) is 18.5 Å². The molecule has 13 nitrogen and oxygen atoms in total. The van der Waals surface area contributed by atoms with Gasteiger partial charge in [0, 0.05) is 28.5 Å². The van der Waals surface area contributed by atoms with Crippen LogP contribution in [-0.2, 0) is 31.8 Å². The smallest absolute Gasteiger partial charge is 0.419 e. The molecule has 1 spiro atoms. The number of aryl methyl sites for hydroxylation is 1. The third-order valence-corrected chi connectivity index (χ3v) is 12.5. The number of pyridine rings is 1. The molecule has 18 heteroatoms. The highest BCUT2D eigenvalue weighted by Crippen LogP contribution is 2.49. The summed E-state index contributed by atoms with van der Waals surface area (Å²) < 4.78 is 47.7. The van der Waals surface area contributed by atoms with Crippen molar-refractivity contribution in [2.75, 3.05) is 40.1 Å². The van der Waals surface area contributed by atoms with Crippen molar-refractivity contribution >= 4 is 75.3 Å². The fourth-order valence-electron chi connectivity index (χ4n) is 8.37. The standard InChI is InChI=1S/C42H44ClF3N8O5S/c1-3-26-17-30(54-40(60)53(39(58)41(54)12-4-13-41)31-21-32(42(44,45)46)34(22-47)48-23-31)5-7-35(26)59-16-11-25-9-14-52(15-10-25)24(2)37(56)50-29-19-27(43)18-28(20-29)49-33-6-8-36(55)51-38(33)57/h5,7,17-21,23-25,33,49H,3-4,6,8-16H2,1-2H3,(H,50,56)(H,51,55,57)/t24-,33?/m0/s1. The number of carbonyl (C=O) groups excluding carboxylic acids is 4. The summed E-state index contributed by atoms with van der Waals surface area (Å²) in [4.78, 5) is 59.7. The van der Waals surface area contributed by atoms with Crippen LogP contribution in [0.5, 0.6) is 5.75 Å². The molecule has 4 heterocycles. The highest BCUT2D eigenvalue weighted by molar-refractivity contribution is 7.81. The minimum Gasteiger partial charge on any atom is -0.493 e. The van der Waals surface area contributed by atoms with Crippen LogP contribution in [0.25, 0.3) is 0 Å². The van der Waals surface area contributed by atoms with Gasteiger partial charge in [0.05, 0.1) is 30.1 Å². The molecule has 4 fully saturated rings. The maximum atomic E-state index is 13.9. The molecule has 1 aliphatic carbocycles. The monoisotopic (exact) mass is 864 g/mol. The Morgan fingerprint density at radius 2 is 1.83 bits per heavy atom. The van der Waals surface area contributed by atoms with Crippen molar-refractivity contribution < 1.29 is 37.1 Å². The average molecular weight is 865 g/mol.